The number of anilines is 2. The first-order valence-corrected chi connectivity index (χ1v) is 6.06. The number of ether oxygens (including phenoxy) is 1. The van der Waals surface area contributed by atoms with E-state index < -0.39 is 0 Å². The van der Waals surface area contributed by atoms with Gasteiger partial charge in [0.1, 0.15) is 0 Å². The number of nitrogens with two attached hydrogens (primary N) is 1. The SMILES string of the molecule is CC1(CNc2nc(Cl)ncc2N)CCOCC1. The highest BCUT2D eigenvalue weighted by atomic mass is 35.5. The lowest BCUT2D eigenvalue weighted by Gasteiger charge is -2.33. The van der Waals surface area contributed by atoms with Crippen LogP contribution in [0.25, 0.3) is 0 Å². The molecule has 2 rings (SSSR count). The van der Waals surface area contributed by atoms with Crippen LogP contribution in [0.3, 0.4) is 0 Å². The number of nitrogens with one attached hydrogen (secondary N) is 1. The summed E-state index contributed by atoms with van der Waals surface area (Å²) in [6.45, 7) is 4.69. The average Bonchev–Trinajstić information content (AvgIpc) is 2.31. The standard InChI is InChI=1S/C11H17ClN4O/c1-11(2-4-17-5-3-11)7-15-9-8(13)6-14-10(12)16-9/h6H,2-5,7,13H2,1H3,(H,14,15,16). The molecule has 1 aromatic rings. The van der Waals surface area contributed by atoms with Crippen LogP contribution in [0.5, 0.6) is 0 Å². The Bertz CT molecular complexity index is 393. The molecular weight excluding hydrogens is 240 g/mol. The Kier molecular flexibility index (Phi) is 3.69. The monoisotopic (exact) mass is 256 g/mol. The molecule has 0 aromatic carbocycles. The summed E-state index contributed by atoms with van der Waals surface area (Å²) in [5, 5.41) is 3.46. The summed E-state index contributed by atoms with van der Waals surface area (Å²) in [6, 6.07) is 0. The maximum atomic E-state index is 5.78. The van der Waals surface area contributed by atoms with Gasteiger partial charge in [-0.15, -0.1) is 0 Å². The van der Waals surface area contributed by atoms with Crippen molar-refractivity contribution in [1.82, 2.24) is 9.97 Å². The summed E-state index contributed by atoms with van der Waals surface area (Å²) in [4.78, 5) is 7.90. The first kappa shape index (κ1) is 12.4. The summed E-state index contributed by atoms with van der Waals surface area (Å²) >= 11 is 5.74. The van der Waals surface area contributed by atoms with E-state index in [0.717, 1.165) is 32.6 Å². The van der Waals surface area contributed by atoms with Gasteiger partial charge in [-0.2, -0.15) is 4.98 Å². The molecule has 0 saturated carbocycles. The van der Waals surface area contributed by atoms with Crippen molar-refractivity contribution in [1.29, 1.82) is 0 Å². The highest BCUT2D eigenvalue weighted by Gasteiger charge is 2.27. The maximum absolute atomic E-state index is 5.78. The van der Waals surface area contributed by atoms with Gasteiger partial charge in [0.25, 0.3) is 0 Å². The average molecular weight is 257 g/mol. The topological polar surface area (TPSA) is 73.1 Å². The second-order valence-electron chi connectivity index (χ2n) is 4.72. The van der Waals surface area contributed by atoms with Crippen LogP contribution in [0.4, 0.5) is 11.5 Å². The summed E-state index contributed by atoms with van der Waals surface area (Å²) in [5.41, 5.74) is 6.52. The Morgan fingerprint density at radius 1 is 1.53 bits per heavy atom. The lowest BCUT2D eigenvalue weighted by atomic mass is 9.82. The molecule has 6 heteroatoms. The third kappa shape index (κ3) is 3.20. The number of nitrogen functional groups attached to an aromatic ring is 1. The zero-order valence-electron chi connectivity index (χ0n) is 9.87. The predicted octanol–water partition coefficient (Wildman–Crippen LogP) is 1.94. The minimum atomic E-state index is 0.207. The molecule has 1 aliphatic rings. The van der Waals surface area contributed by atoms with E-state index in [2.05, 4.69) is 22.2 Å². The molecule has 0 atom stereocenters. The van der Waals surface area contributed by atoms with Crippen LogP contribution in [0.2, 0.25) is 5.28 Å². The van der Waals surface area contributed by atoms with Crippen LogP contribution in [0, 0.1) is 5.41 Å². The van der Waals surface area contributed by atoms with Crippen molar-refractivity contribution in [2.75, 3.05) is 30.8 Å². The van der Waals surface area contributed by atoms with Gasteiger partial charge in [0.05, 0.1) is 11.9 Å². The first-order valence-electron chi connectivity index (χ1n) is 5.69. The Labute approximate surface area is 106 Å². The number of rotatable bonds is 3. The summed E-state index contributed by atoms with van der Waals surface area (Å²) in [5.74, 6) is 0.609. The molecule has 1 fully saturated rings. The van der Waals surface area contributed by atoms with E-state index in [1.165, 1.54) is 6.20 Å². The van der Waals surface area contributed by atoms with E-state index in [9.17, 15) is 0 Å². The van der Waals surface area contributed by atoms with Gasteiger partial charge < -0.3 is 15.8 Å². The molecule has 1 aliphatic heterocycles. The molecule has 0 amide bonds. The predicted molar refractivity (Wildman–Crippen MR) is 68.1 cm³/mol. The first-order chi connectivity index (χ1) is 8.09. The highest BCUT2D eigenvalue weighted by Crippen LogP contribution is 2.30. The Morgan fingerprint density at radius 2 is 2.24 bits per heavy atom. The summed E-state index contributed by atoms with van der Waals surface area (Å²) in [7, 11) is 0. The van der Waals surface area contributed by atoms with Crippen molar-refractivity contribution in [3.05, 3.63) is 11.5 Å². The van der Waals surface area contributed by atoms with Gasteiger partial charge in [0.2, 0.25) is 5.28 Å². The molecule has 17 heavy (non-hydrogen) atoms. The molecule has 1 aromatic heterocycles. The zero-order chi connectivity index (χ0) is 12.3. The minimum Gasteiger partial charge on any atom is -0.394 e. The van der Waals surface area contributed by atoms with Crippen molar-refractivity contribution in [3.63, 3.8) is 0 Å². The van der Waals surface area contributed by atoms with Crippen molar-refractivity contribution in [3.8, 4) is 0 Å². The van der Waals surface area contributed by atoms with E-state index >= 15 is 0 Å². The van der Waals surface area contributed by atoms with E-state index in [1.54, 1.807) is 0 Å². The number of nitrogens with zero attached hydrogens (tertiary/aromatic N) is 2. The van der Waals surface area contributed by atoms with Crippen molar-refractivity contribution < 1.29 is 4.74 Å². The zero-order valence-corrected chi connectivity index (χ0v) is 10.6. The maximum Gasteiger partial charge on any atom is 0.224 e. The van der Waals surface area contributed by atoms with Crippen LogP contribution < -0.4 is 11.1 Å². The Hall–Kier alpha value is -1.07. The van der Waals surface area contributed by atoms with Crippen LogP contribution in [-0.4, -0.2) is 29.7 Å². The van der Waals surface area contributed by atoms with Crippen molar-refractivity contribution in [2.45, 2.75) is 19.8 Å². The molecule has 0 aliphatic carbocycles. The lowest BCUT2D eigenvalue weighted by Crippen LogP contribution is -2.33. The molecule has 0 unspecified atom stereocenters. The fraction of sp³-hybridized carbons (Fsp3) is 0.636. The van der Waals surface area contributed by atoms with E-state index in [-0.39, 0.29) is 10.7 Å². The van der Waals surface area contributed by atoms with Gasteiger partial charge in [0.15, 0.2) is 5.82 Å². The second-order valence-corrected chi connectivity index (χ2v) is 5.06. The van der Waals surface area contributed by atoms with Gasteiger partial charge in [-0.25, -0.2) is 4.98 Å². The summed E-state index contributed by atoms with van der Waals surface area (Å²) in [6.07, 6.45) is 3.60. The number of hydrogen-bond acceptors (Lipinski definition) is 5. The molecule has 2 heterocycles. The minimum absolute atomic E-state index is 0.207. The van der Waals surface area contributed by atoms with Gasteiger partial charge in [0, 0.05) is 19.8 Å². The van der Waals surface area contributed by atoms with Crippen molar-refractivity contribution in [2.24, 2.45) is 5.41 Å². The molecule has 0 radical (unpaired) electrons. The fourth-order valence-corrected chi connectivity index (χ4v) is 1.98. The largest absolute Gasteiger partial charge is 0.394 e. The highest BCUT2D eigenvalue weighted by molar-refractivity contribution is 6.28. The normalized spacial score (nSPS) is 18.9. The fourth-order valence-electron chi connectivity index (χ4n) is 1.85. The molecule has 5 nitrogen and oxygen atoms in total. The smallest absolute Gasteiger partial charge is 0.224 e. The molecule has 0 spiro atoms. The Balaban J connectivity index is 1.99. The Morgan fingerprint density at radius 3 is 2.94 bits per heavy atom. The molecule has 3 N–H and O–H groups in total. The van der Waals surface area contributed by atoms with Crippen molar-refractivity contribution >= 4 is 23.1 Å². The van der Waals surface area contributed by atoms with Gasteiger partial charge in [-0.3, -0.25) is 0 Å². The quantitative estimate of drug-likeness (QED) is 0.809. The van der Waals surface area contributed by atoms with Gasteiger partial charge >= 0.3 is 0 Å². The van der Waals surface area contributed by atoms with Gasteiger partial charge in [-0.05, 0) is 29.9 Å². The van der Waals surface area contributed by atoms with E-state index in [4.69, 9.17) is 22.1 Å². The number of hydrogen-bond donors (Lipinski definition) is 2. The summed E-state index contributed by atoms with van der Waals surface area (Å²) < 4.78 is 5.36. The number of aromatic nitrogens is 2. The van der Waals surface area contributed by atoms with Crippen LogP contribution in [0.15, 0.2) is 6.20 Å². The lowest BCUT2D eigenvalue weighted by molar-refractivity contribution is 0.0300. The van der Waals surface area contributed by atoms with Crippen LogP contribution in [0.1, 0.15) is 19.8 Å². The molecular formula is C11H17ClN4O. The molecule has 94 valence electrons. The number of halogens is 1. The molecule has 1 saturated heterocycles. The third-order valence-corrected chi connectivity index (χ3v) is 3.35. The third-order valence-electron chi connectivity index (χ3n) is 3.17. The van der Waals surface area contributed by atoms with Crippen LogP contribution >= 0.6 is 11.6 Å². The second kappa shape index (κ2) is 5.06. The molecule has 0 bridgehead atoms. The van der Waals surface area contributed by atoms with Crippen LogP contribution in [-0.2, 0) is 4.74 Å². The van der Waals surface area contributed by atoms with E-state index in [0.29, 0.717) is 11.5 Å². The van der Waals surface area contributed by atoms with Gasteiger partial charge in [-0.1, -0.05) is 6.92 Å². The van der Waals surface area contributed by atoms with E-state index in [1.807, 2.05) is 0 Å².